The molecular formula is C20H28N2O3. The molecule has 2 heterocycles. The van der Waals surface area contributed by atoms with Crippen molar-refractivity contribution in [2.45, 2.75) is 39.7 Å². The van der Waals surface area contributed by atoms with E-state index < -0.39 is 11.4 Å². The first-order valence-corrected chi connectivity index (χ1v) is 9.12. The van der Waals surface area contributed by atoms with Gasteiger partial charge in [0.1, 0.15) is 5.41 Å². The molecular weight excluding hydrogens is 316 g/mol. The average Bonchev–Trinajstić information content (AvgIpc) is 3.01. The van der Waals surface area contributed by atoms with Crippen molar-refractivity contribution in [1.82, 2.24) is 9.80 Å². The fourth-order valence-electron chi connectivity index (χ4n) is 4.03. The predicted octanol–water partition coefficient (Wildman–Crippen LogP) is 2.61. The van der Waals surface area contributed by atoms with Crippen molar-refractivity contribution in [3.05, 3.63) is 35.9 Å². The molecule has 0 radical (unpaired) electrons. The summed E-state index contributed by atoms with van der Waals surface area (Å²) >= 11 is 0. The summed E-state index contributed by atoms with van der Waals surface area (Å²) in [5.41, 5.74) is 0.182. The van der Waals surface area contributed by atoms with E-state index in [1.54, 1.807) is 4.90 Å². The molecule has 0 atom stereocenters. The van der Waals surface area contributed by atoms with Crippen LogP contribution in [-0.4, -0.2) is 53.0 Å². The fraction of sp³-hybridized carbons (Fsp3) is 0.600. The maximum absolute atomic E-state index is 12.6. The molecule has 1 aromatic rings. The Kier molecular flexibility index (Phi) is 4.87. The van der Waals surface area contributed by atoms with Crippen molar-refractivity contribution in [3.63, 3.8) is 0 Å². The lowest BCUT2D eigenvalue weighted by Crippen LogP contribution is -2.46. The van der Waals surface area contributed by atoms with Gasteiger partial charge < -0.3 is 10.0 Å². The van der Waals surface area contributed by atoms with Crippen LogP contribution in [0.1, 0.15) is 38.7 Å². The number of carboxylic acids is 1. The van der Waals surface area contributed by atoms with E-state index >= 15 is 0 Å². The van der Waals surface area contributed by atoms with Crippen molar-refractivity contribution in [1.29, 1.82) is 0 Å². The normalized spacial score (nSPS) is 20.8. The van der Waals surface area contributed by atoms with E-state index in [1.807, 2.05) is 6.07 Å². The number of carbonyl (C=O) groups is 2. The number of piperidine rings is 1. The highest BCUT2D eigenvalue weighted by Crippen LogP contribution is 2.41. The third kappa shape index (κ3) is 3.71. The SMILES string of the molecule is CC(C)(C(=O)O)C(=O)N1CCC2(CCN(Cc3ccccc3)CC2)C1. The summed E-state index contributed by atoms with van der Waals surface area (Å²) in [6.45, 7) is 7.47. The van der Waals surface area contributed by atoms with E-state index in [4.69, 9.17) is 0 Å². The molecule has 1 aromatic carbocycles. The van der Waals surface area contributed by atoms with E-state index in [0.717, 1.165) is 38.9 Å². The van der Waals surface area contributed by atoms with Crippen LogP contribution in [0.2, 0.25) is 0 Å². The van der Waals surface area contributed by atoms with Crippen LogP contribution in [0.25, 0.3) is 0 Å². The van der Waals surface area contributed by atoms with Gasteiger partial charge in [0.05, 0.1) is 0 Å². The van der Waals surface area contributed by atoms with Crippen LogP contribution < -0.4 is 0 Å². The van der Waals surface area contributed by atoms with Gasteiger partial charge in [-0.25, -0.2) is 0 Å². The summed E-state index contributed by atoms with van der Waals surface area (Å²) in [5, 5.41) is 9.29. The Morgan fingerprint density at radius 3 is 2.28 bits per heavy atom. The molecule has 1 N–H and O–H groups in total. The molecule has 0 aliphatic carbocycles. The first-order chi connectivity index (χ1) is 11.8. The predicted molar refractivity (Wildman–Crippen MR) is 96.0 cm³/mol. The smallest absolute Gasteiger partial charge is 0.318 e. The number of likely N-dealkylation sites (tertiary alicyclic amines) is 2. The molecule has 1 spiro atoms. The lowest BCUT2D eigenvalue weighted by atomic mass is 9.77. The van der Waals surface area contributed by atoms with Crippen molar-refractivity contribution in [3.8, 4) is 0 Å². The van der Waals surface area contributed by atoms with E-state index in [9.17, 15) is 14.7 Å². The number of nitrogens with zero attached hydrogens (tertiary/aromatic N) is 2. The third-order valence-electron chi connectivity index (χ3n) is 5.96. The van der Waals surface area contributed by atoms with E-state index in [0.29, 0.717) is 13.1 Å². The second kappa shape index (κ2) is 6.79. The van der Waals surface area contributed by atoms with Crippen molar-refractivity contribution in [2.75, 3.05) is 26.2 Å². The van der Waals surface area contributed by atoms with Gasteiger partial charge in [0, 0.05) is 19.6 Å². The van der Waals surface area contributed by atoms with Crippen LogP contribution in [0.4, 0.5) is 0 Å². The standard InChI is InChI=1S/C20H28N2O3/c1-19(2,18(24)25)17(23)22-13-10-20(15-22)8-11-21(12-9-20)14-16-6-4-3-5-7-16/h3-7H,8-15H2,1-2H3,(H,24,25). The van der Waals surface area contributed by atoms with Crippen LogP contribution in [0.5, 0.6) is 0 Å². The number of amides is 1. The van der Waals surface area contributed by atoms with Gasteiger partial charge in [-0.3, -0.25) is 14.5 Å². The van der Waals surface area contributed by atoms with Crippen molar-refractivity contribution in [2.24, 2.45) is 10.8 Å². The summed E-state index contributed by atoms with van der Waals surface area (Å²) in [5.74, 6) is -1.29. The van der Waals surface area contributed by atoms with Gasteiger partial charge in [-0.1, -0.05) is 30.3 Å². The number of carboxylic acid groups (broad SMARTS) is 1. The van der Waals surface area contributed by atoms with E-state index in [-0.39, 0.29) is 11.3 Å². The second-order valence-electron chi connectivity index (χ2n) is 8.17. The monoisotopic (exact) mass is 344 g/mol. The zero-order chi connectivity index (χ0) is 18.1. The number of benzene rings is 1. The van der Waals surface area contributed by atoms with Crippen LogP contribution in [0, 0.1) is 10.8 Å². The van der Waals surface area contributed by atoms with Crippen LogP contribution >= 0.6 is 0 Å². The number of hydrogen-bond donors (Lipinski definition) is 1. The number of hydrogen-bond acceptors (Lipinski definition) is 3. The maximum atomic E-state index is 12.6. The van der Waals surface area contributed by atoms with E-state index in [2.05, 4.69) is 29.2 Å². The van der Waals surface area contributed by atoms with Gasteiger partial charge in [0.25, 0.3) is 0 Å². The van der Waals surface area contributed by atoms with Crippen LogP contribution in [0.15, 0.2) is 30.3 Å². The molecule has 2 aliphatic rings. The maximum Gasteiger partial charge on any atom is 0.318 e. The first-order valence-electron chi connectivity index (χ1n) is 9.12. The summed E-state index contributed by atoms with van der Waals surface area (Å²) in [4.78, 5) is 28.2. The Hall–Kier alpha value is -1.88. The Morgan fingerprint density at radius 1 is 1.08 bits per heavy atom. The number of carbonyl (C=O) groups excluding carboxylic acids is 1. The molecule has 2 aliphatic heterocycles. The molecule has 0 saturated carbocycles. The zero-order valence-electron chi connectivity index (χ0n) is 15.2. The van der Waals surface area contributed by atoms with Crippen LogP contribution in [-0.2, 0) is 16.1 Å². The summed E-state index contributed by atoms with van der Waals surface area (Å²) in [6.07, 6.45) is 3.15. The molecule has 25 heavy (non-hydrogen) atoms. The molecule has 0 aromatic heterocycles. The van der Waals surface area contributed by atoms with Crippen molar-refractivity contribution >= 4 is 11.9 Å². The summed E-state index contributed by atoms with van der Waals surface area (Å²) in [6, 6.07) is 10.5. The number of aliphatic carboxylic acids is 1. The highest BCUT2D eigenvalue weighted by atomic mass is 16.4. The lowest BCUT2D eigenvalue weighted by Gasteiger charge is -2.39. The van der Waals surface area contributed by atoms with Gasteiger partial charge in [-0.05, 0) is 57.2 Å². The molecule has 136 valence electrons. The molecule has 2 saturated heterocycles. The Labute approximate surface area is 149 Å². The molecule has 1 amide bonds. The molecule has 5 heteroatoms. The molecule has 2 fully saturated rings. The molecule has 0 unspecified atom stereocenters. The largest absolute Gasteiger partial charge is 0.480 e. The Balaban J connectivity index is 1.56. The highest BCUT2D eigenvalue weighted by Gasteiger charge is 2.46. The zero-order valence-corrected chi connectivity index (χ0v) is 15.2. The minimum atomic E-state index is -1.33. The summed E-state index contributed by atoms with van der Waals surface area (Å²) in [7, 11) is 0. The Morgan fingerprint density at radius 2 is 1.68 bits per heavy atom. The minimum Gasteiger partial charge on any atom is -0.480 e. The second-order valence-corrected chi connectivity index (χ2v) is 8.17. The lowest BCUT2D eigenvalue weighted by molar-refractivity contribution is -0.158. The molecule has 5 nitrogen and oxygen atoms in total. The minimum absolute atomic E-state index is 0.178. The van der Waals surface area contributed by atoms with Gasteiger partial charge in [-0.15, -0.1) is 0 Å². The van der Waals surface area contributed by atoms with Gasteiger partial charge in [-0.2, -0.15) is 0 Å². The van der Waals surface area contributed by atoms with Crippen molar-refractivity contribution < 1.29 is 14.7 Å². The number of rotatable bonds is 4. The third-order valence-corrected chi connectivity index (χ3v) is 5.96. The highest BCUT2D eigenvalue weighted by molar-refractivity contribution is 6.01. The quantitative estimate of drug-likeness (QED) is 0.853. The van der Waals surface area contributed by atoms with Gasteiger partial charge in [0.2, 0.25) is 5.91 Å². The summed E-state index contributed by atoms with van der Waals surface area (Å²) < 4.78 is 0. The first kappa shape index (κ1) is 17.9. The van der Waals surface area contributed by atoms with Crippen LogP contribution in [0.3, 0.4) is 0 Å². The fourth-order valence-corrected chi connectivity index (χ4v) is 4.03. The molecule has 0 bridgehead atoms. The van der Waals surface area contributed by atoms with E-state index in [1.165, 1.54) is 19.4 Å². The Bertz CT molecular complexity index is 634. The molecule has 3 rings (SSSR count). The van der Waals surface area contributed by atoms with Gasteiger partial charge >= 0.3 is 5.97 Å². The van der Waals surface area contributed by atoms with Gasteiger partial charge in [0.15, 0.2) is 0 Å². The topological polar surface area (TPSA) is 60.9 Å². The average molecular weight is 344 g/mol.